The third kappa shape index (κ3) is 3.55. The van der Waals surface area contributed by atoms with Crippen LogP contribution >= 0.6 is 15.9 Å². The highest BCUT2D eigenvalue weighted by molar-refractivity contribution is 9.09. The van der Waals surface area contributed by atoms with Crippen LogP contribution in [0.2, 0.25) is 0 Å². The quantitative estimate of drug-likeness (QED) is 0.660. The van der Waals surface area contributed by atoms with Crippen LogP contribution in [-0.2, 0) is 11.2 Å². The molecule has 0 aliphatic carbocycles. The number of ketones is 1. The zero-order chi connectivity index (χ0) is 11.3. The molecule has 0 saturated carbocycles. The highest BCUT2D eigenvalue weighted by Crippen LogP contribution is 2.22. The van der Waals surface area contributed by atoms with E-state index >= 15 is 0 Å². The maximum absolute atomic E-state index is 11.3. The lowest BCUT2D eigenvalue weighted by molar-refractivity contribution is -0.115. The molecule has 4 heteroatoms. The number of hydrogen-bond donors (Lipinski definition) is 1. The van der Waals surface area contributed by atoms with Gasteiger partial charge < -0.3 is 10.5 Å². The van der Waals surface area contributed by atoms with Gasteiger partial charge in [0.05, 0.1) is 11.9 Å². The maximum Gasteiger partial charge on any atom is 0.147 e. The maximum atomic E-state index is 11.3. The molecule has 0 spiro atoms. The molecule has 0 heterocycles. The fraction of sp³-hybridized carbons (Fsp3) is 0.364. The van der Waals surface area contributed by atoms with Gasteiger partial charge in [0.25, 0.3) is 0 Å². The Morgan fingerprint density at radius 1 is 1.53 bits per heavy atom. The minimum atomic E-state index is 0.113. The Hall–Kier alpha value is -1.03. The molecule has 0 aliphatic heterocycles. The van der Waals surface area contributed by atoms with Crippen LogP contribution in [0.4, 0.5) is 5.69 Å². The Morgan fingerprint density at radius 2 is 2.27 bits per heavy atom. The van der Waals surface area contributed by atoms with Crippen LogP contribution in [0, 0.1) is 0 Å². The Morgan fingerprint density at radius 3 is 2.87 bits per heavy atom. The van der Waals surface area contributed by atoms with Gasteiger partial charge in [-0.25, -0.2) is 0 Å². The average Bonchev–Trinajstić information content (AvgIpc) is 2.22. The molecule has 3 nitrogen and oxygen atoms in total. The van der Waals surface area contributed by atoms with Crippen molar-refractivity contribution in [3.63, 3.8) is 0 Å². The number of ether oxygens (including phenoxy) is 1. The molecule has 0 atom stereocenters. The van der Waals surface area contributed by atoms with E-state index in [0.29, 0.717) is 24.0 Å². The van der Waals surface area contributed by atoms with E-state index in [1.54, 1.807) is 18.2 Å². The monoisotopic (exact) mass is 271 g/mol. The number of nitrogen functional groups attached to an aromatic ring is 1. The lowest BCUT2D eigenvalue weighted by Gasteiger charge is -2.09. The molecule has 0 fully saturated rings. The lowest BCUT2D eigenvalue weighted by Crippen LogP contribution is -2.06. The first-order valence-corrected chi connectivity index (χ1v) is 5.88. The van der Waals surface area contributed by atoms with Gasteiger partial charge in [-0.05, 0) is 25.1 Å². The smallest absolute Gasteiger partial charge is 0.147 e. The molecule has 0 aliphatic rings. The number of hydrogen-bond acceptors (Lipinski definition) is 3. The molecule has 0 unspecified atom stereocenters. The second-order valence-electron chi connectivity index (χ2n) is 3.15. The van der Waals surface area contributed by atoms with Crippen LogP contribution in [0.1, 0.15) is 12.5 Å². The molecule has 82 valence electrons. The molecule has 0 radical (unpaired) electrons. The van der Waals surface area contributed by atoms with Crippen LogP contribution < -0.4 is 10.5 Å². The van der Waals surface area contributed by atoms with E-state index < -0.39 is 0 Å². The summed E-state index contributed by atoms with van der Waals surface area (Å²) in [6.07, 6.45) is 0.353. The fourth-order valence-electron chi connectivity index (χ4n) is 1.29. The van der Waals surface area contributed by atoms with Gasteiger partial charge in [-0.2, -0.15) is 0 Å². The summed E-state index contributed by atoms with van der Waals surface area (Å²) in [6, 6.07) is 5.36. The second kappa shape index (κ2) is 5.75. The van der Waals surface area contributed by atoms with Crippen LogP contribution in [0.3, 0.4) is 0 Å². The van der Waals surface area contributed by atoms with E-state index in [1.807, 2.05) is 6.92 Å². The van der Waals surface area contributed by atoms with Crippen molar-refractivity contribution in [1.29, 1.82) is 0 Å². The zero-order valence-corrected chi connectivity index (χ0v) is 10.2. The average molecular weight is 272 g/mol. The number of benzene rings is 1. The molecule has 0 bridgehead atoms. The minimum absolute atomic E-state index is 0.113. The first-order valence-electron chi connectivity index (χ1n) is 4.76. The third-order valence-electron chi connectivity index (χ3n) is 1.92. The number of carbonyl (C=O) groups is 1. The van der Waals surface area contributed by atoms with Gasteiger partial charge >= 0.3 is 0 Å². The van der Waals surface area contributed by atoms with Crippen molar-refractivity contribution in [3.05, 3.63) is 23.8 Å². The molecule has 2 N–H and O–H groups in total. The minimum Gasteiger partial charge on any atom is -0.494 e. The van der Waals surface area contributed by atoms with Gasteiger partial charge in [-0.3, -0.25) is 4.79 Å². The lowest BCUT2D eigenvalue weighted by atomic mass is 10.1. The largest absolute Gasteiger partial charge is 0.494 e. The second-order valence-corrected chi connectivity index (χ2v) is 3.71. The summed E-state index contributed by atoms with van der Waals surface area (Å²) < 4.78 is 5.41. The number of alkyl halides is 1. The normalized spacial score (nSPS) is 10.0. The van der Waals surface area contributed by atoms with Gasteiger partial charge in [0.15, 0.2) is 0 Å². The van der Waals surface area contributed by atoms with Crippen molar-refractivity contribution >= 4 is 27.4 Å². The SMILES string of the molecule is CCOc1ccc(N)cc1CC(=O)CBr. The molecule has 1 aromatic carbocycles. The molecule has 0 saturated heterocycles. The van der Waals surface area contributed by atoms with Crippen molar-refractivity contribution in [2.24, 2.45) is 0 Å². The highest BCUT2D eigenvalue weighted by Gasteiger charge is 2.08. The van der Waals surface area contributed by atoms with Crippen molar-refractivity contribution in [2.75, 3.05) is 17.7 Å². The van der Waals surface area contributed by atoms with Crippen LogP contribution in [0.5, 0.6) is 5.75 Å². The standard InChI is InChI=1S/C11H14BrNO2/c1-2-15-11-4-3-9(13)5-8(11)6-10(14)7-12/h3-5H,2,6-7,13H2,1H3. The van der Waals surface area contributed by atoms with Crippen LogP contribution in [-0.4, -0.2) is 17.7 Å². The number of carbonyl (C=O) groups excluding carboxylic acids is 1. The molecular formula is C11H14BrNO2. The molecule has 0 amide bonds. The van der Waals surface area contributed by atoms with Gasteiger partial charge in [0.2, 0.25) is 0 Å². The van der Waals surface area contributed by atoms with E-state index in [-0.39, 0.29) is 5.78 Å². The Kier molecular flexibility index (Phi) is 4.62. The fourth-order valence-corrected chi connectivity index (χ4v) is 1.49. The van der Waals surface area contributed by atoms with Crippen molar-refractivity contribution < 1.29 is 9.53 Å². The Bertz CT molecular complexity index is 352. The first-order chi connectivity index (χ1) is 7.17. The summed E-state index contributed by atoms with van der Waals surface area (Å²) in [5.41, 5.74) is 7.16. The highest BCUT2D eigenvalue weighted by atomic mass is 79.9. The zero-order valence-electron chi connectivity index (χ0n) is 8.63. The summed E-state index contributed by atoms with van der Waals surface area (Å²) >= 11 is 3.13. The van der Waals surface area contributed by atoms with Crippen molar-refractivity contribution in [1.82, 2.24) is 0 Å². The van der Waals surface area contributed by atoms with E-state index in [1.165, 1.54) is 0 Å². The van der Waals surface area contributed by atoms with E-state index in [0.717, 1.165) is 11.3 Å². The van der Waals surface area contributed by atoms with E-state index in [9.17, 15) is 4.79 Å². The molecule has 1 rings (SSSR count). The molecule has 1 aromatic rings. The molecular weight excluding hydrogens is 258 g/mol. The number of anilines is 1. The Balaban J connectivity index is 2.91. The van der Waals surface area contributed by atoms with Crippen molar-refractivity contribution in [2.45, 2.75) is 13.3 Å². The van der Waals surface area contributed by atoms with Gasteiger partial charge in [-0.15, -0.1) is 0 Å². The van der Waals surface area contributed by atoms with Crippen LogP contribution in [0.15, 0.2) is 18.2 Å². The van der Waals surface area contributed by atoms with Crippen LogP contribution in [0.25, 0.3) is 0 Å². The Labute approximate surface area is 97.7 Å². The van der Waals surface area contributed by atoms with Gasteiger partial charge in [0.1, 0.15) is 11.5 Å². The van der Waals surface area contributed by atoms with Gasteiger partial charge in [-0.1, -0.05) is 15.9 Å². The number of halogens is 1. The molecule has 0 aromatic heterocycles. The topological polar surface area (TPSA) is 52.3 Å². The number of Topliss-reactive ketones (excluding diaryl/α,β-unsaturated/α-hetero) is 1. The van der Waals surface area contributed by atoms with Crippen molar-refractivity contribution in [3.8, 4) is 5.75 Å². The van der Waals surface area contributed by atoms with E-state index in [2.05, 4.69) is 15.9 Å². The summed E-state index contributed by atoms with van der Waals surface area (Å²) in [5, 5.41) is 0.355. The predicted molar refractivity (Wildman–Crippen MR) is 64.5 cm³/mol. The summed E-state index contributed by atoms with van der Waals surface area (Å²) in [4.78, 5) is 11.3. The van der Waals surface area contributed by atoms with Gasteiger partial charge in [0, 0.05) is 17.7 Å². The summed E-state index contributed by atoms with van der Waals surface area (Å²) in [6.45, 7) is 2.49. The summed E-state index contributed by atoms with van der Waals surface area (Å²) in [5.74, 6) is 0.850. The number of nitrogens with two attached hydrogens (primary N) is 1. The van der Waals surface area contributed by atoms with E-state index in [4.69, 9.17) is 10.5 Å². The summed E-state index contributed by atoms with van der Waals surface area (Å²) in [7, 11) is 0. The number of rotatable bonds is 5. The molecule has 15 heavy (non-hydrogen) atoms. The third-order valence-corrected chi connectivity index (χ3v) is 2.55. The first kappa shape index (κ1) is 12.0. The predicted octanol–water partition coefficient (Wildman–Crippen LogP) is 2.17.